The third-order valence-electron chi connectivity index (χ3n) is 4.19. The van der Waals surface area contributed by atoms with Crippen molar-refractivity contribution >= 4 is 52.4 Å². The average Bonchev–Trinajstić information content (AvgIpc) is 3.24. The van der Waals surface area contributed by atoms with Crippen LogP contribution in [0.1, 0.15) is 10.5 Å². The molecule has 10 nitrogen and oxygen atoms in total. The van der Waals surface area contributed by atoms with Crippen molar-refractivity contribution in [1.29, 1.82) is 0 Å². The molecule has 0 unspecified atom stereocenters. The SMILES string of the molecule is O=C(Nc1ccncn1)c1nc(-c2cc(Cl)cc(Cl)c2)n2ccccc12.O=C(O)C(F)(F)F.O=C(O)C(F)(F)F. The number of rotatable bonds is 3. The molecule has 0 aliphatic carbocycles. The number of hydrogen-bond acceptors (Lipinski definition) is 6. The molecule has 4 rings (SSSR count). The van der Waals surface area contributed by atoms with Gasteiger partial charge in [-0.3, -0.25) is 9.20 Å². The van der Waals surface area contributed by atoms with Crippen molar-refractivity contribution in [3.05, 3.63) is 76.9 Å². The predicted octanol–water partition coefficient (Wildman–Crippen LogP) is 5.62. The molecule has 3 aromatic heterocycles. The molecule has 212 valence electrons. The first kappa shape index (κ1) is 31.8. The Balaban J connectivity index is 0.000000333. The topological polar surface area (TPSA) is 147 Å². The first-order valence-electron chi connectivity index (χ1n) is 10.1. The fraction of sp³-hybridized carbons (Fsp3) is 0.0909. The van der Waals surface area contributed by atoms with Gasteiger partial charge in [0.1, 0.15) is 18.0 Å². The fourth-order valence-electron chi connectivity index (χ4n) is 2.63. The molecule has 1 amide bonds. The van der Waals surface area contributed by atoms with Gasteiger partial charge in [-0.05, 0) is 36.4 Å². The largest absolute Gasteiger partial charge is 0.490 e. The minimum Gasteiger partial charge on any atom is -0.475 e. The summed E-state index contributed by atoms with van der Waals surface area (Å²) in [7, 11) is 0. The summed E-state index contributed by atoms with van der Waals surface area (Å²) in [6.45, 7) is 0. The van der Waals surface area contributed by atoms with E-state index in [2.05, 4.69) is 20.3 Å². The zero-order valence-corrected chi connectivity index (χ0v) is 20.7. The van der Waals surface area contributed by atoms with Crippen LogP contribution < -0.4 is 5.32 Å². The van der Waals surface area contributed by atoms with Gasteiger partial charge in [0.15, 0.2) is 5.69 Å². The molecule has 0 spiro atoms. The Morgan fingerprint density at radius 2 is 1.43 bits per heavy atom. The van der Waals surface area contributed by atoms with Gasteiger partial charge in [-0.25, -0.2) is 24.5 Å². The first-order valence-corrected chi connectivity index (χ1v) is 10.9. The summed E-state index contributed by atoms with van der Waals surface area (Å²) in [5.74, 6) is -4.92. The van der Waals surface area contributed by atoms with Crippen molar-refractivity contribution in [1.82, 2.24) is 19.4 Å². The minimum atomic E-state index is -5.08. The number of alkyl halides is 6. The Morgan fingerprint density at radius 1 is 0.875 bits per heavy atom. The maximum atomic E-state index is 12.7. The number of amides is 1. The Kier molecular flexibility index (Phi) is 10.4. The molecule has 18 heteroatoms. The second kappa shape index (κ2) is 13.1. The van der Waals surface area contributed by atoms with Crippen LogP contribution >= 0.6 is 23.2 Å². The third kappa shape index (κ3) is 9.09. The summed E-state index contributed by atoms with van der Waals surface area (Å²) in [5.41, 5.74) is 1.64. The van der Waals surface area contributed by atoms with E-state index in [0.29, 0.717) is 32.8 Å². The fourth-order valence-corrected chi connectivity index (χ4v) is 3.16. The highest BCUT2D eigenvalue weighted by atomic mass is 35.5. The van der Waals surface area contributed by atoms with E-state index < -0.39 is 24.3 Å². The van der Waals surface area contributed by atoms with E-state index >= 15 is 0 Å². The number of fused-ring (bicyclic) bond motifs is 1. The summed E-state index contributed by atoms with van der Waals surface area (Å²) >= 11 is 12.2. The summed E-state index contributed by atoms with van der Waals surface area (Å²) in [6.07, 6.45) is -5.43. The van der Waals surface area contributed by atoms with Crippen LogP contribution in [0.5, 0.6) is 0 Å². The van der Waals surface area contributed by atoms with Crippen LogP contribution in [0.25, 0.3) is 16.9 Å². The quantitative estimate of drug-likeness (QED) is 0.253. The second-order valence-corrected chi connectivity index (χ2v) is 7.93. The molecule has 0 fully saturated rings. The molecule has 0 aliphatic rings. The minimum absolute atomic E-state index is 0.273. The number of hydrogen-bond donors (Lipinski definition) is 3. The molecular weight excluding hydrogens is 599 g/mol. The normalized spacial score (nSPS) is 11.0. The van der Waals surface area contributed by atoms with Crippen LogP contribution in [0.2, 0.25) is 10.0 Å². The lowest BCUT2D eigenvalue weighted by atomic mass is 10.2. The molecule has 0 saturated carbocycles. The first-order chi connectivity index (χ1) is 18.5. The number of anilines is 1. The number of carbonyl (C=O) groups is 3. The Morgan fingerprint density at radius 3 is 1.90 bits per heavy atom. The number of carbonyl (C=O) groups excluding carboxylic acids is 1. The number of halogens is 8. The molecule has 40 heavy (non-hydrogen) atoms. The Labute approximate surface area is 228 Å². The highest BCUT2D eigenvalue weighted by Crippen LogP contribution is 2.28. The number of nitrogens with zero attached hydrogens (tertiary/aromatic N) is 4. The van der Waals surface area contributed by atoms with Gasteiger partial charge in [0.25, 0.3) is 5.91 Å². The van der Waals surface area contributed by atoms with Gasteiger partial charge in [0, 0.05) is 28.0 Å². The average molecular weight is 612 g/mol. The second-order valence-electron chi connectivity index (χ2n) is 7.05. The lowest BCUT2D eigenvalue weighted by Gasteiger charge is -2.02. The number of nitrogens with one attached hydrogen (secondary N) is 1. The molecule has 0 aliphatic heterocycles. The standard InChI is InChI=1S/C18H11Cl2N5O.2C2HF3O2/c19-12-7-11(8-13(20)9-12)17-24-16(14-3-1-2-6-25(14)17)18(26)23-15-4-5-21-10-22-15;2*3-2(4,5)1(6)7/h1-10H,(H,21,22,23,26);2*(H,6,7). The summed E-state index contributed by atoms with van der Waals surface area (Å²) < 4.78 is 65.3. The Hall–Kier alpha value is -4.44. The van der Waals surface area contributed by atoms with E-state index in [1.54, 1.807) is 30.5 Å². The lowest BCUT2D eigenvalue weighted by Crippen LogP contribution is -2.21. The molecule has 3 N–H and O–H groups in total. The Bertz CT molecular complexity index is 1470. The van der Waals surface area contributed by atoms with E-state index in [9.17, 15) is 31.1 Å². The molecule has 0 atom stereocenters. The maximum Gasteiger partial charge on any atom is 0.490 e. The van der Waals surface area contributed by atoms with Gasteiger partial charge in [-0.2, -0.15) is 26.3 Å². The van der Waals surface area contributed by atoms with E-state index in [-0.39, 0.29) is 11.6 Å². The molecule has 0 bridgehead atoms. The van der Waals surface area contributed by atoms with Gasteiger partial charge in [0.05, 0.1) is 5.52 Å². The smallest absolute Gasteiger partial charge is 0.475 e. The highest BCUT2D eigenvalue weighted by molar-refractivity contribution is 6.35. The number of imidazole rings is 1. The van der Waals surface area contributed by atoms with Gasteiger partial charge < -0.3 is 15.5 Å². The molecule has 1 aromatic carbocycles. The number of aromatic nitrogens is 4. The number of benzene rings is 1. The van der Waals surface area contributed by atoms with Crippen molar-refractivity contribution in [2.45, 2.75) is 12.4 Å². The number of pyridine rings is 1. The third-order valence-corrected chi connectivity index (χ3v) is 4.63. The van der Waals surface area contributed by atoms with E-state index in [4.69, 9.17) is 43.0 Å². The monoisotopic (exact) mass is 611 g/mol. The van der Waals surface area contributed by atoms with Crippen LogP contribution in [0, 0.1) is 0 Å². The van der Waals surface area contributed by atoms with Crippen LogP contribution in [0.3, 0.4) is 0 Å². The van der Waals surface area contributed by atoms with Gasteiger partial charge in [0.2, 0.25) is 0 Å². The zero-order valence-electron chi connectivity index (χ0n) is 19.2. The molecule has 4 aromatic rings. The van der Waals surface area contributed by atoms with Crippen molar-refractivity contribution in [2.75, 3.05) is 5.32 Å². The summed E-state index contributed by atoms with van der Waals surface area (Å²) in [5, 5.41) is 18.0. The summed E-state index contributed by atoms with van der Waals surface area (Å²) in [6, 6.07) is 12.3. The van der Waals surface area contributed by atoms with Crippen LogP contribution in [-0.4, -0.2) is 59.8 Å². The van der Waals surface area contributed by atoms with Gasteiger partial charge in [-0.15, -0.1) is 0 Å². The number of carboxylic acid groups (broad SMARTS) is 2. The lowest BCUT2D eigenvalue weighted by molar-refractivity contribution is -0.193. The van der Waals surface area contributed by atoms with Gasteiger partial charge >= 0.3 is 24.3 Å². The number of aliphatic carboxylic acids is 2. The highest BCUT2D eigenvalue weighted by Gasteiger charge is 2.38. The predicted molar refractivity (Wildman–Crippen MR) is 128 cm³/mol. The van der Waals surface area contributed by atoms with Crippen LogP contribution in [0.15, 0.2) is 61.2 Å². The van der Waals surface area contributed by atoms with Crippen molar-refractivity contribution in [2.24, 2.45) is 0 Å². The van der Waals surface area contributed by atoms with Gasteiger partial charge in [-0.1, -0.05) is 29.3 Å². The summed E-state index contributed by atoms with van der Waals surface area (Å²) in [4.78, 5) is 42.9. The van der Waals surface area contributed by atoms with Crippen LogP contribution in [0.4, 0.5) is 32.2 Å². The van der Waals surface area contributed by atoms with Crippen molar-refractivity contribution in [3.63, 3.8) is 0 Å². The van der Waals surface area contributed by atoms with Crippen molar-refractivity contribution in [3.8, 4) is 11.4 Å². The molecule has 3 heterocycles. The van der Waals surface area contributed by atoms with E-state index in [0.717, 1.165) is 0 Å². The van der Waals surface area contributed by atoms with Crippen LogP contribution in [-0.2, 0) is 9.59 Å². The molecular formula is C22H13Cl2F6N5O5. The molecule has 0 saturated heterocycles. The maximum absolute atomic E-state index is 12.7. The van der Waals surface area contributed by atoms with E-state index in [1.807, 2.05) is 28.8 Å². The molecule has 0 radical (unpaired) electrons. The number of carboxylic acids is 2. The zero-order chi connectivity index (χ0) is 30.3. The van der Waals surface area contributed by atoms with Crippen molar-refractivity contribution < 1.29 is 50.9 Å². The van der Waals surface area contributed by atoms with E-state index in [1.165, 1.54) is 6.33 Å².